The van der Waals surface area contributed by atoms with Gasteiger partial charge in [0.1, 0.15) is 0 Å². The van der Waals surface area contributed by atoms with Crippen molar-refractivity contribution < 1.29 is 28.8 Å². The molecule has 0 radical (unpaired) electrons. The second kappa shape index (κ2) is 3.14. The first-order chi connectivity index (χ1) is 5.96. The van der Waals surface area contributed by atoms with E-state index in [0.717, 1.165) is 0 Å². The number of rotatable bonds is 3. The lowest BCUT2D eigenvalue weighted by Crippen LogP contribution is -2.63. The molecule has 6 heteroatoms. The van der Waals surface area contributed by atoms with Crippen LogP contribution in [0.15, 0.2) is 22.8 Å². The molecule has 0 aliphatic rings. The molecule has 0 aliphatic carbocycles. The Bertz CT molecular complexity index is 297. The number of alkyl halides is 2. The maximum Gasteiger partial charge on any atom is 0.399 e. The molecule has 0 bridgehead atoms. The lowest BCUT2D eigenvalue weighted by Gasteiger charge is -2.13. The average molecular weight is 192 g/mol. The summed E-state index contributed by atoms with van der Waals surface area (Å²) in [5, 5.41) is 8.18. The van der Waals surface area contributed by atoms with E-state index in [9.17, 15) is 13.6 Å². The number of furan rings is 1. The maximum atomic E-state index is 12.8. The van der Waals surface area contributed by atoms with Gasteiger partial charge in [0.25, 0.3) is 0 Å². The number of quaternary nitrogens is 1. The number of hydrogen-bond acceptors (Lipinski definition) is 2. The smallest absolute Gasteiger partial charge is 0.399 e. The van der Waals surface area contributed by atoms with Crippen molar-refractivity contribution in [1.29, 1.82) is 0 Å². The minimum Gasteiger partial charge on any atom is -0.477 e. The first-order valence-corrected chi connectivity index (χ1v) is 3.44. The van der Waals surface area contributed by atoms with Crippen LogP contribution < -0.4 is 5.73 Å². The fourth-order valence-corrected chi connectivity index (χ4v) is 0.817. The minimum absolute atomic E-state index is 0.146. The lowest BCUT2D eigenvalue weighted by atomic mass is 10.1. The molecule has 1 aromatic rings. The van der Waals surface area contributed by atoms with E-state index >= 15 is 0 Å². The molecule has 1 heterocycles. The molecular weight excluding hydrogens is 184 g/mol. The predicted octanol–water partition coefficient (Wildman–Crippen LogP) is 0.282. The predicted molar refractivity (Wildman–Crippen MR) is 36.9 cm³/mol. The van der Waals surface area contributed by atoms with Gasteiger partial charge in [0.15, 0.2) is 5.76 Å². The average Bonchev–Trinajstić information content (AvgIpc) is 2.54. The molecular formula is C7H8F2NO3+. The zero-order chi connectivity index (χ0) is 10.1. The van der Waals surface area contributed by atoms with Gasteiger partial charge in [0.2, 0.25) is 6.04 Å². The topological polar surface area (TPSA) is 78.1 Å². The van der Waals surface area contributed by atoms with E-state index in [4.69, 9.17) is 5.11 Å². The van der Waals surface area contributed by atoms with Crippen molar-refractivity contribution in [3.63, 3.8) is 0 Å². The summed E-state index contributed by atoms with van der Waals surface area (Å²) in [4.78, 5) is 10.1. The highest BCUT2D eigenvalue weighted by Gasteiger charge is 2.51. The van der Waals surface area contributed by atoms with Gasteiger partial charge in [-0.15, -0.1) is 0 Å². The van der Waals surface area contributed by atoms with Gasteiger partial charge in [-0.25, -0.2) is 4.79 Å². The van der Waals surface area contributed by atoms with Gasteiger partial charge in [0, 0.05) is 0 Å². The Hall–Kier alpha value is -1.43. The molecule has 0 saturated carbocycles. The summed E-state index contributed by atoms with van der Waals surface area (Å²) in [7, 11) is 0. The molecule has 0 aliphatic heterocycles. The van der Waals surface area contributed by atoms with Crippen molar-refractivity contribution in [2.75, 3.05) is 0 Å². The van der Waals surface area contributed by atoms with Crippen molar-refractivity contribution in [2.45, 2.75) is 12.0 Å². The van der Waals surface area contributed by atoms with E-state index in [1.807, 2.05) is 0 Å². The second-order valence-electron chi connectivity index (χ2n) is 2.50. The second-order valence-corrected chi connectivity index (χ2v) is 2.50. The largest absolute Gasteiger partial charge is 0.477 e. The van der Waals surface area contributed by atoms with Crippen molar-refractivity contribution in [1.82, 2.24) is 0 Å². The van der Waals surface area contributed by atoms with Gasteiger partial charge in [-0.05, 0) is 12.1 Å². The third kappa shape index (κ3) is 1.67. The number of carboxylic acid groups (broad SMARTS) is 1. The zero-order valence-electron chi connectivity index (χ0n) is 6.54. The highest BCUT2D eigenvalue weighted by molar-refractivity contribution is 5.76. The standard InChI is InChI=1S/C7H7F2NO3/c8-7(9,6(11)12)5(10)4-2-1-3-13-4/h1-3,5H,10H2,(H,11,12)/p+1. The molecule has 72 valence electrons. The van der Waals surface area contributed by atoms with Crippen LogP contribution in [0.2, 0.25) is 0 Å². The van der Waals surface area contributed by atoms with Gasteiger partial charge in [0.05, 0.1) is 6.26 Å². The van der Waals surface area contributed by atoms with Crippen LogP contribution in [0, 0.1) is 0 Å². The maximum absolute atomic E-state index is 12.8. The number of carboxylic acids is 1. The van der Waals surface area contributed by atoms with E-state index in [0.29, 0.717) is 0 Å². The van der Waals surface area contributed by atoms with Gasteiger partial charge < -0.3 is 15.3 Å². The Morgan fingerprint density at radius 1 is 1.69 bits per heavy atom. The summed E-state index contributed by atoms with van der Waals surface area (Å²) in [6.07, 6.45) is 1.19. The van der Waals surface area contributed by atoms with Crippen LogP contribution in [0.1, 0.15) is 11.8 Å². The zero-order valence-corrected chi connectivity index (χ0v) is 6.54. The van der Waals surface area contributed by atoms with Crippen molar-refractivity contribution in [3.05, 3.63) is 24.2 Å². The van der Waals surface area contributed by atoms with Crippen LogP contribution in [-0.2, 0) is 4.79 Å². The first-order valence-electron chi connectivity index (χ1n) is 3.44. The van der Waals surface area contributed by atoms with Crippen LogP contribution in [0.3, 0.4) is 0 Å². The van der Waals surface area contributed by atoms with Gasteiger partial charge in [-0.3, -0.25) is 0 Å². The fraction of sp³-hybridized carbons (Fsp3) is 0.286. The fourth-order valence-electron chi connectivity index (χ4n) is 0.817. The van der Waals surface area contributed by atoms with Crippen molar-refractivity contribution in [2.24, 2.45) is 0 Å². The molecule has 1 aromatic heterocycles. The molecule has 1 rings (SSSR count). The highest BCUT2D eigenvalue weighted by Crippen LogP contribution is 2.27. The third-order valence-electron chi connectivity index (χ3n) is 1.61. The van der Waals surface area contributed by atoms with E-state index in [1.54, 1.807) is 0 Å². The Balaban J connectivity index is 2.90. The summed E-state index contributed by atoms with van der Waals surface area (Å²) in [6, 6.07) is 0.944. The van der Waals surface area contributed by atoms with E-state index in [1.165, 1.54) is 18.4 Å². The monoisotopic (exact) mass is 192 g/mol. The van der Waals surface area contributed by atoms with Gasteiger partial charge >= 0.3 is 11.9 Å². The Kier molecular flexibility index (Phi) is 2.33. The molecule has 0 saturated heterocycles. The molecule has 4 nitrogen and oxygen atoms in total. The number of hydrogen-bond donors (Lipinski definition) is 2. The quantitative estimate of drug-likeness (QED) is 0.722. The molecule has 0 spiro atoms. The molecule has 0 fully saturated rings. The van der Waals surface area contributed by atoms with Crippen molar-refractivity contribution >= 4 is 5.97 Å². The molecule has 4 N–H and O–H groups in total. The van der Waals surface area contributed by atoms with Crippen molar-refractivity contribution in [3.8, 4) is 0 Å². The summed E-state index contributed by atoms with van der Waals surface area (Å²) in [5.74, 6) is -6.26. The van der Waals surface area contributed by atoms with E-state index in [2.05, 4.69) is 10.2 Å². The Labute approximate surface area is 71.9 Å². The van der Waals surface area contributed by atoms with Crippen LogP contribution in [0.4, 0.5) is 8.78 Å². The number of carbonyl (C=O) groups is 1. The van der Waals surface area contributed by atoms with Crippen LogP contribution in [-0.4, -0.2) is 17.0 Å². The van der Waals surface area contributed by atoms with E-state index in [-0.39, 0.29) is 5.76 Å². The molecule has 0 aromatic carbocycles. The SMILES string of the molecule is [NH3+]C(c1ccco1)C(F)(F)C(=O)O. The first kappa shape index (κ1) is 9.66. The van der Waals surface area contributed by atoms with Crippen LogP contribution in [0.25, 0.3) is 0 Å². The summed E-state index contributed by atoms with van der Waals surface area (Å²) >= 11 is 0. The van der Waals surface area contributed by atoms with Crippen LogP contribution >= 0.6 is 0 Å². The van der Waals surface area contributed by atoms with E-state index < -0.39 is 17.9 Å². The number of aliphatic carboxylic acids is 1. The normalized spacial score (nSPS) is 14.1. The minimum atomic E-state index is -3.90. The molecule has 1 unspecified atom stereocenters. The molecule has 0 amide bonds. The third-order valence-corrected chi connectivity index (χ3v) is 1.61. The van der Waals surface area contributed by atoms with Crippen LogP contribution in [0.5, 0.6) is 0 Å². The summed E-state index contributed by atoms with van der Waals surface area (Å²) in [6.45, 7) is 0. The molecule has 13 heavy (non-hydrogen) atoms. The molecule has 1 atom stereocenters. The Morgan fingerprint density at radius 3 is 2.69 bits per heavy atom. The number of halogens is 2. The Morgan fingerprint density at radius 2 is 2.31 bits per heavy atom. The summed E-state index contributed by atoms with van der Waals surface area (Å²) in [5.41, 5.74) is 3.05. The lowest BCUT2D eigenvalue weighted by molar-refractivity contribution is -0.466. The summed E-state index contributed by atoms with van der Waals surface area (Å²) < 4.78 is 30.2. The van der Waals surface area contributed by atoms with Gasteiger partial charge in [-0.1, -0.05) is 0 Å². The highest BCUT2D eigenvalue weighted by atomic mass is 19.3. The van der Waals surface area contributed by atoms with Gasteiger partial charge in [-0.2, -0.15) is 8.78 Å².